The van der Waals surface area contributed by atoms with Gasteiger partial charge in [0.15, 0.2) is 5.75 Å². The van der Waals surface area contributed by atoms with E-state index in [0.717, 1.165) is 30.0 Å². The summed E-state index contributed by atoms with van der Waals surface area (Å²) in [5.41, 5.74) is 11.9. The minimum atomic E-state index is -5.22. The summed E-state index contributed by atoms with van der Waals surface area (Å²) in [6.45, 7) is 0. The number of phenols is 1. The van der Waals surface area contributed by atoms with E-state index in [1.54, 1.807) is 25.2 Å². The Kier molecular flexibility index (Phi) is 11.5. The van der Waals surface area contributed by atoms with Crippen LogP contribution >= 0.6 is 0 Å². The third-order valence-electron chi connectivity index (χ3n) is 8.32. The maximum Gasteiger partial charge on any atom is 0.296 e. The Labute approximate surface area is 339 Å². The lowest BCUT2D eigenvalue weighted by Gasteiger charge is -2.14. The molecule has 22 nitrogen and oxygen atoms in total. The van der Waals surface area contributed by atoms with Crippen molar-refractivity contribution in [1.29, 1.82) is 0 Å². The first kappa shape index (κ1) is 42.2. The Hall–Kier alpha value is -7.45. The highest BCUT2D eigenvalue weighted by Crippen LogP contribution is 2.48. The molecule has 60 heavy (non-hydrogen) atoms. The molecule has 0 unspecified atom stereocenters. The number of nitrogen functional groups attached to an aromatic ring is 2. The number of nitro benzene ring substituents is 1. The van der Waals surface area contributed by atoms with Crippen LogP contribution in [0.1, 0.15) is 0 Å². The molecule has 0 fully saturated rings. The minimum absolute atomic E-state index is 0.0105. The summed E-state index contributed by atoms with van der Waals surface area (Å²) in [6.07, 6.45) is 0. The number of benzene rings is 6. The third-order valence-corrected chi connectivity index (χ3v) is 11.4. The molecule has 0 aliphatic carbocycles. The highest BCUT2D eigenvalue weighted by molar-refractivity contribution is 7.92. The predicted octanol–water partition coefficient (Wildman–Crippen LogP) is 8.20. The number of phenolic OH excluding ortho intramolecular Hbond substituents is 1. The topological polar surface area (TPSA) is 357 Å². The third kappa shape index (κ3) is 9.30. The average molecular weight is 876 g/mol. The predicted molar refractivity (Wildman–Crippen MR) is 219 cm³/mol. The Morgan fingerprint density at radius 3 is 1.63 bits per heavy atom. The number of nitrogens with two attached hydrogens (primary N) is 2. The van der Waals surface area contributed by atoms with Crippen molar-refractivity contribution < 1.29 is 44.4 Å². The lowest BCUT2D eigenvalue weighted by molar-refractivity contribution is -0.384. The molecule has 0 radical (unpaired) electrons. The van der Waals surface area contributed by atoms with E-state index in [4.69, 9.17) is 11.5 Å². The van der Waals surface area contributed by atoms with Crippen LogP contribution in [0, 0.1) is 10.1 Å². The molecule has 0 saturated carbocycles. The number of fused-ring (bicyclic) bond motifs is 1. The molecule has 0 saturated heterocycles. The molecule has 0 heterocycles. The quantitative estimate of drug-likeness (QED) is 0.0189. The second-order valence-electron chi connectivity index (χ2n) is 12.3. The molecular weight excluding hydrogens is 847 g/mol. The minimum Gasteiger partial charge on any atom is -0.505 e. The van der Waals surface area contributed by atoms with Gasteiger partial charge in [0.05, 0.1) is 43.6 Å². The van der Waals surface area contributed by atoms with Crippen LogP contribution in [0.4, 0.5) is 62.6 Å². The summed E-state index contributed by atoms with van der Waals surface area (Å²) in [7, 11) is -12.8. The van der Waals surface area contributed by atoms with Crippen LogP contribution in [0.15, 0.2) is 149 Å². The van der Waals surface area contributed by atoms with Gasteiger partial charge < -0.3 is 21.9 Å². The van der Waals surface area contributed by atoms with Gasteiger partial charge in [-0.3, -0.25) is 23.9 Å². The number of nitro groups is 1. The Morgan fingerprint density at radius 2 is 1.12 bits per heavy atom. The molecule has 0 aliphatic rings. The lowest BCUT2D eigenvalue weighted by Crippen LogP contribution is -2.12. The van der Waals surface area contributed by atoms with E-state index in [1.165, 1.54) is 48.5 Å². The van der Waals surface area contributed by atoms with Crippen molar-refractivity contribution in [1.82, 2.24) is 0 Å². The van der Waals surface area contributed by atoms with Gasteiger partial charge in [-0.25, -0.2) is 8.42 Å². The Morgan fingerprint density at radius 1 is 0.633 bits per heavy atom. The van der Waals surface area contributed by atoms with E-state index < -0.39 is 78.6 Å². The SMILES string of the molecule is CNc1ccc(/N=N/c2ccc(NS(=O)(=O)c3ccc(/N=N/c4c(S(=O)(=O)O)cc5cc(S(=O)(=O)O)c(/N=N/c6ccc([N+](=O)[O-])cc6)c(N)c5c4O)cc3)cc2)c(N)c1. The first-order valence-corrected chi connectivity index (χ1v) is 21.0. The smallest absolute Gasteiger partial charge is 0.296 e. The Bertz CT molecular complexity index is 3110. The van der Waals surface area contributed by atoms with Crippen LogP contribution < -0.4 is 21.5 Å². The number of hydrogen-bond acceptors (Lipinski definition) is 18. The fourth-order valence-electron chi connectivity index (χ4n) is 5.38. The molecule has 6 aromatic rings. The highest BCUT2D eigenvalue weighted by Gasteiger charge is 2.28. The number of nitrogens with zero attached hydrogens (tertiary/aromatic N) is 7. The zero-order valence-corrected chi connectivity index (χ0v) is 32.9. The summed E-state index contributed by atoms with van der Waals surface area (Å²) in [5.74, 6) is -1.03. The van der Waals surface area contributed by atoms with Gasteiger partial charge >= 0.3 is 0 Å². The van der Waals surface area contributed by atoms with Crippen molar-refractivity contribution >= 4 is 104 Å². The van der Waals surface area contributed by atoms with Gasteiger partial charge in [-0.15, -0.1) is 15.3 Å². The van der Waals surface area contributed by atoms with Crippen LogP contribution in [0.3, 0.4) is 0 Å². The van der Waals surface area contributed by atoms with Crippen LogP contribution in [-0.4, -0.2) is 51.4 Å². The van der Waals surface area contributed by atoms with E-state index in [2.05, 4.69) is 40.7 Å². The number of rotatable bonds is 13. The molecule has 9 N–H and O–H groups in total. The molecule has 0 aliphatic heterocycles. The van der Waals surface area contributed by atoms with E-state index in [0.29, 0.717) is 29.2 Å². The number of aromatic hydroxyl groups is 1. The zero-order valence-electron chi connectivity index (χ0n) is 30.4. The second kappa shape index (κ2) is 16.4. The van der Waals surface area contributed by atoms with Gasteiger partial charge in [0, 0.05) is 30.6 Å². The van der Waals surface area contributed by atoms with Gasteiger partial charge in [0.25, 0.3) is 35.9 Å². The van der Waals surface area contributed by atoms with Crippen molar-refractivity contribution in [2.45, 2.75) is 14.7 Å². The molecular formula is C35H29N11O11S3. The van der Waals surface area contributed by atoms with E-state index in [-0.39, 0.29) is 27.6 Å². The van der Waals surface area contributed by atoms with Crippen LogP contribution in [-0.2, 0) is 30.3 Å². The maximum atomic E-state index is 13.2. The number of azo groups is 3. The molecule has 0 amide bonds. The van der Waals surface area contributed by atoms with Gasteiger partial charge in [-0.2, -0.15) is 32.2 Å². The van der Waals surface area contributed by atoms with Crippen molar-refractivity contribution in [3.63, 3.8) is 0 Å². The van der Waals surface area contributed by atoms with E-state index in [1.807, 2.05) is 0 Å². The summed E-state index contributed by atoms with van der Waals surface area (Å²) >= 11 is 0. The normalized spacial score (nSPS) is 12.4. The number of non-ortho nitro benzene ring substituents is 1. The molecule has 0 aromatic heterocycles. The number of anilines is 4. The Balaban J connectivity index is 1.28. The van der Waals surface area contributed by atoms with Crippen LogP contribution in [0.25, 0.3) is 10.8 Å². The standard InChI is InChI=1S/C35H29N11O11S3/c1-38-24-10-15-28(27(36)18-24)42-39-20-2-4-23(5-3-20)45-58(50,51)26-13-8-22(9-14-26)41-44-34-30(60(55,56)57)17-19-16-29(59(52,53)54)33(32(37)31(19)35(34)47)43-40-21-6-11-25(12-7-21)46(48)49/h2-18,38,45,47H,36-37H2,1H3,(H,52,53,54)(H,55,56,57)/b42-39+,43-40+,44-41+. The number of nitrogens with one attached hydrogen (secondary N) is 2. The van der Waals surface area contributed by atoms with Crippen molar-refractivity contribution in [2.75, 3.05) is 28.6 Å². The number of hydrogen-bond donors (Lipinski definition) is 7. The van der Waals surface area contributed by atoms with E-state index in [9.17, 15) is 49.6 Å². The first-order valence-electron chi connectivity index (χ1n) is 16.6. The highest BCUT2D eigenvalue weighted by atomic mass is 32.2. The molecule has 0 atom stereocenters. The molecule has 0 spiro atoms. The summed E-state index contributed by atoms with van der Waals surface area (Å²) < 4.78 is 98.3. The molecule has 25 heteroatoms. The lowest BCUT2D eigenvalue weighted by atomic mass is 10.1. The summed E-state index contributed by atoms with van der Waals surface area (Å²) in [5, 5.41) is 47.8. The van der Waals surface area contributed by atoms with Gasteiger partial charge in [0.1, 0.15) is 26.9 Å². The van der Waals surface area contributed by atoms with Crippen molar-refractivity contribution in [3.8, 4) is 5.75 Å². The summed E-state index contributed by atoms with van der Waals surface area (Å²) in [6, 6.07) is 21.8. The monoisotopic (exact) mass is 875 g/mol. The van der Waals surface area contributed by atoms with Crippen LogP contribution in [0.2, 0.25) is 0 Å². The zero-order chi connectivity index (χ0) is 43.6. The van der Waals surface area contributed by atoms with Gasteiger partial charge in [-0.1, -0.05) is 0 Å². The first-order chi connectivity index (χ1) is 28.2. The van der Waals surface area contributed by atoms with Crippen molar-refractivity contribution in [2.24, 2.45) is 30.7 Å². The van der Waals surface area contributed by atoms with Gasteiger partial charge in [-0.05, 0) is 96.4 Å². The molecule has 0 bridgehead atoms. The second-order valence-corrected chi connectivity index (χ2v) is 16.8. The fourth-order valence-corrected chi connectivity index (χ4v) is 7.76. The molecule has 6 rings (SSSR count). The van der Waals surface area contributed by atoms with Crippen molar-refractivity contribution in [3.05, 3.63) is 113 Å². The number of sulfonamides is 1. The molecule has 6 aromatic carbocycles. The largest absolute Gasteiger partial charge is 0.505 e. The van der Waals surface area contributed by atoms with E-state index >= 15 is 0 Å². The average Bonchev–Trinajstić information content (AvgIpc) is 3.19. The maximum absolute atomic E-state index is 13.2. The van der Waals surface area contributed by atoms with Crippen LogP contribution in [0.5, 0.6) is 5.75 Å². The van der Waals surface area contributed by atoms with Gasteiger partial charge in [0.2, 0.25) is 0 Å². The summed E-state index contributed by atoms with van der Waals surface area (Å²) in [4.78, 5) is 8.06. The molecule has 308 valence electrons. The fraction of sp³-hybridized carbons (Fsp3) is 0.0286.